The summed E-state index contributed by atoms with van der Waals surface area (Å²) < 4.78 is 24.1. The maximum absolute atomic E-state index is 13.4. The summed E-state index contributed by atoms with van der Waals surface area (Å²) in [7, 11) is 0. The number of hydrogen-bond acceptors (Lipinski definition) is 6. The molecule has 8 heteroatoms. The standard InChI is InChI=1S/C19H14FN3O4/c1-2-26-14-6-4-3-5-12(14)17-22-19(27-23-17)15-16(24)11-8-7-10(20)9-13(11)21-18(15)25/h3-9H,2H2,1H3,(H2,21,24,25). The zero-order chi connectivity index (χ0) is 19.0. The highest BCUT2D eigenvalue weighted by Gasteiger charge is 2.21. The molecule has 0 aliphatic rings. The Kier molecular flexibility index (Phi) is 4.08. The molecule has 4 aromatic rings. The third-order valence-corrected chi connectivity index (χ3v) is 4.02. The van der Waals surface area contributed by atoms with Crippen molar-refractivity contribution < 1.29 is 18.8 Å². The molecule has 4 rings (SSSR count). The topological polar surface area (TPSA) is 101 Å². The van der Waals surface area contributed by atoms with Crippen molar-refractivity contribution >= 4 is 10.9 Å². The van der Waals surface area contributed by atoms with Gasteiger partial charge in [0, 0.05) is 5.39 Å². The summed E-state index contributed by atoms with van der Waals surface area (Å²) in [6.45, 7) is 2.32. The number of H-pyrrole nitrogens is 1. The molecule has 2 N–H and O–H groups in total. The molecule has 0 atom stereocenters. The van der Waals surface area contributed by atoms with Crippen LogP contribution in [0, 0.1) is 5.82 Å². The lowest BCUT2D eigenvalue weighted by Gasteiger charge is -2.06. The van der Waals surface area contributed by atoms with Gasteiger partial charge in [-0.25, -0.2) is 4.39 Å². The molecule has 2 aromatic carbocycles. The molecule has 0 aliphatic carbocycles. The Bertz CT molecular complexity index is 1200. The average molecular weight is 367 g/mol. The van der Waals surface area contributed by atoms with Crippen molar-refractivity contribution in [3.8, 4) is 34.3 Å². The molecule has 136 valence electrons. The van der Waals surface area contributed by atoms with Crippen molar-refractivity contribution in [3.63, 3.8) is 0 Å². The molecule has 0 bridgehead atoms. The summed E-state index contributed by atoms with van der Waals surface area (Å²) in [6, 6.07) is 10.8. The largest absolute Gasteiger partial charge is 0.506 e. The number of hydrogen-bond donors (Lipinski definition) is 2. The summed E-state index contributed by atoms with van der Waals surface area (Å²) in [6.07, 6.45) is 0. The first-order valence-corrected chi connectivity index (χ1v) is 8.19. The summed E-state index contributed by atoms with van der Waals surface area (Å²) in [5.41, 5.74) is -0.0866. The predicted molar refractivity (Wildman–Crippen MR) is 96.1 cm³/mol. The number of aromatic hydroxyl groups is 1. The smallest absolute Gasteiger partial charge is 0.267 e. The van der Waals surface area contributed by atoms with Gasteiger partial charge in [-0.3, -0.25) is 4.79 Å². The highest BCUT2D eigenvalue weighted by Crippen LogP contribution is 2.34. The van der Waals surface area contributed by atoms with Gasteiger partial charge in [0.1, 0.15) is 22.9 Å². The van der Waals surface area contributed by atoms with Crippen LogP contribution in [-0.4, -0.2) is 26.8 Å². The van der Waals surface area contributed by atoms with E-state index in [4.69, 9.17) is 9.26 Å². The highest BCUT2D eigenvalue weighted by atomic mass is 19.1. The molecular weight excluding hydrogens is 353 g/mol. The van der Waals surface area contributed by atoms with Gasteiger partial charge in [-0.1, -0.05) is 17.3 Å². The third kappa shape index (κ3) is 2.91. The highest BCUT2D eigenvalue weighted by molar-refractivity contribution is 5.90. The van der Waals surface area contributed by atoms with Crippen molar-refractivity contribution in [2.45, 2.75) is 6.92 Å². The van der Waals surface area contributed by atoms with Crippen LogP contribution >= 0.6 is 0 Å². The summed E-state index contributed by atoms with van der Waals surface area (Å²) >= 11 is 0. The number of nitrogens with one attached hydrogen (secondary N) is 1. The van der Waals surface area contributed by atoms with E-state index in [0.29, 0.717) is 17.9 Å². The van der Waals surface area contributed by atoms with Gasteiger partial charge in [0.05, 0.1) is 17.7 Å². The van der Waals surface area contributed by atoms with E-state index in [-0.39, 0.29) is 33.9 Å². The van der Waals surface area contributed by atoms with Crippen LogP contribution in [0.15, 0.2) is 51.8 Å². The van der Waals surface area contributed by atoms with E-state index in [1.54, 1.807) is 18.2 Å². The SMILES string of the molecule is CCOc1ccccc1-c1noc(-c2c(O)c3ccc(F)cc3[nH]c2=O)n1. The summed E-state index contributed by atoms with van der Waals surface area (Å²) in [5.74, 6) is -0.257. The number of aromatic amines is 1. The molecule has 0 amide bonds. The van der Waals surface area contributed by atoms with Crippen LogP contribution in [0.2, 0.25) is 0 Å². The first kappa shape index (κ1) is 16.8. The van der Waals surface area contributed by atoms with Gasteiger partial charge in [-0.05, 0) is 37.3 Å². The van der Waals surface area contributed by atoms with Gasteiger partial charge in [0.15, 0.2) is 0 Å². The van der Waals surface area contributed by atoms with E-state index < -0.39 is 11.4 Å². The number of benzene rings is 2. The number of nitrogens with zero attached hydrogens (tertiary/aromatic N) is 2. The zero-order valence-corrected chi connectivity index (χ0v) is 14.2. The number of halogens is 1. The van der Waals surface area contributed by atoms with Crippen molar-refractivity contribution in [2.75, 3.05) is 6.61 Å². The normalized spacial score (nSPS) is 11.0. The molecule has 0 aliphatic heterocycles. The zero-order valence-electron chi connectivity index (χ0n) is 14.2. The Hall–Kier alpha value is -3.68. The summed E-state index contributed by atoms with van der Waals surface area (Å²) in [4.78, 5) is 19.1. The number of pyridine rings is 1. The Morgan fingerprint density at radius 3 is 2.89 bits per heavy atom. The van der Waals surface area contributed by atoms with Crippen LogP contribution < -0.4 is 10.3 Å². The summed E-state index contributed by atoms with van der Waals surface area (Å²) in [5, 5.41) is 14.7. The fourth-order valence-corrected chi connectivity index (χ4v) is 2.82. The van der Waals surface area contributed by atoms with Crippen molar-refractivity contribution in [2.24, 2.45) is 0 Å². The first-order valence-electron chi connectivity index (χ1n) is 8.19. The van der Waals surface area contributed by atoms with Crippen molar-refractivity contribution in [1.82, 2.24) is 15.1 Å². The van der Waals surface area contributed by atoms with Gasteiger partial charge >= 0.3 is 0 Å². The van der Waals surface area contributed by atoms with E-state index in [2.05, 4.69) is 15.1 Å². The van der Waals surface area contributed by atoms with Gasteiger partial charge in [0.2, 0.25) is 5.82 Å². The second-order valence-electron chi connectivity index (χ2n) is 5.72. The van der Waals surface area contributed by atoms with Gasteiger partial charge in [0.25, 0.3) is 11.4 Å². The molecule has 0 spiro atoms. The van der Waals surface area contributed by atoms with E-state index >= 15 is 0 Å². The van der Waals surface area contributed by atoms with Gasteiger partial charge < -0.3 is 19.4 Å². The first-order chi connectivity index (χ1) is 13.1. The van der Waals surface area contributed by atoms with Crippen LogP contribution in [0.1, 0.15) is 6.92 Å². The van der Waals surface area contributed by atoms with Crippen LogP contribution in [0.5, 0.6) is 11.5 Å². The second kappa shape index (κ2) is 6.56. The van der Waals surface area contributed by atoms with E-state index in [9.17, 15) is 14.3 Å². The van der Waals surface area contributed by atoms with Gasteiger partial charge in [-0.15, -0.1) is 0 Å². The van der Waals surface area contributed by atoms with Crippen molar-refractivity contribution in [1.29, 1.82) is 0 Å². The monoisotopic (exact) mass is 367 g/mol. The van der Waals surface area contributed by atoms with Crippen LogP contribution in [0.4, 0.5) is 4.39 Å². The quantitative estimate of drug-likeness (QED) is 0.573. The minimum absolute atomic E-state index is 0.152. The molecule has 0 radical (unpaired) electrons. The lowest BCUT2D eigenvalue weighted by Crippen LogP contribution is -2.09. The number of fused-ring (bicyclic) bond motifs is 1. The minimum Gasteiger partial charge on any atom is -0.506 e. The second-order valence-corrected chi connectivity index (χ2v) is 5.72. The van der Waals surface area contributed by atoms with Gasteiger partial charge in [-0.2, -0.15) is 4.98 Å². The Morgan fingerprint density at radius 1 is 1.26 bits per heavy atom. The lowest BCUT2D eigenvalue weighted by atomic mass is 10.1. The lowest BCUT2D eigenvalue weighted by molar-refractivity contribution is 0.341. The van der Waals surface area contributed by atoms with Crippen LogP contribution in [-0.2, 0) is 0 Å². The minimum atomic E-state index is -0.668. The molecule has 27 heavy (non-hydrogen) atoms. The molecule has 0 fully saturated rings. The maximum atomic E-state index is 13.4. The van der Waals surface area contributed by atoms with Crippen molar-refractivity contribution in [3.05, 3.63) is 58.6 Å². The molecule has 7 nitrogen and oxygen atoms in total. The van der Waals surface area contributed by atoms with Crippen LogP contribution in [0.25, 0.3) is 33.7 Å². The Labute approximate surface area is 152 Å². The third-order valence-electron chi connectivity index (χ3n) is 4.02. The molecule has 2 aromatic heterocycles. The van der Waals surface area contributed by atoms with E-state index in [1.165, 1.54) is 12.1 Å². The molecule has 0 unspecified atom stereocenters. The number of ether oxygens (including phenoxy) is 1. The predicted octanol–water partition coefficient (Wildman–Crippen LogP) is 3.49. The average Bonchev–Trinajstić information content (AvgIpc) is 3.11. The fourth-order valence-electron chi connectivity index (χ4n) is 2.82. The number of aromatic nitrogens is 3. The molecule has 0 saturated heterocycles. The molecule has 0 saturated carbocycles. The van der Waals surface area contributed by atoms with E-state index in [1.807, 2.05) is 13.0 Å². The Balaban J connectivity index is 1.85. The molecular formula is C19H14FN3O4. The van der Waals surface area contributed by atoms with Crippen LogP contribution in [0.3, 0.4) is 0 Å². The Morgan fingerprint density at radius 2 is 2.07 bits per heavy atom. The molecule has 2 heterocycles. The number of rotatable bonds is 4. The van der Waals surface area contributed by atoms with E-state index in [0.717, 1.165) is 6.07 Å². The fraction of sp³-hybridized carbons (Fsp3) is 0.105. The number of para-hydroxylation sites is 1. The maximum Gasteiger partial charge on any atom is 0.267 e.